The van der Waals surface area contributed by atoms with Crippen molar-refractivity contribution in [1.29, 1.82) is 0 Å². The number of aromatic nitrogens is 1. The lowest BCUT2D eigenvalue weighted by atomic mass is 10.1. The number of hydrogen-bond acceptors (Lipinski definition) is 4. The lowest BCUT2D eigenvalue weighted by Crippen LogP contribution is -2.25. The second-order valence-corrected chi connectivity index (χ2v) is 5.69. The maximum Gasteiger partial charge on any atom is 0.251 e. The lowest BCUT2D eigenvalue weighted by Gasteiger charge is -2.04. The van der Waals surface area contributed by atoms with E-state index in [0.29, 0.717) is 24.3 Å². The van der Waals surface area contributed by atoms with Gasteiger partial charge in [0.1, 0.15) is 11.3 Å². The van der Waals surface area contributed by atoms with Crippen LogP contribution in [0.2, 0.25) is 0 Å². The maximum absolute atomic E-state index is 12.4. The monoisotopic (exact) mass is 332 g/mol. The highest BCUT2D eigenvalue weighted by Gasteiger charge is 2.13. The van der Waals surface area contributed by atoms with E-state index in [2.05, 4.69) is 10.5 Å². The zero-order valence-corrected chi connectivity index (χ0v) is 13.4. The molecule has 1 N–H and O–H groups in total. The number of furan rings is 1. The number of rotatable bonds is 5. The first-order chi connectivity index (χ1) is 12.3. The zero-order chi connectivity index (χ0) is 17.1. The summed E-state index contributed by atoms with van der Waals surface area (Å²) < 4.78 is 10.7. The number of carbonyl (C=O) groups excluding carboxylic acids is 1. The van der Waals surface area contributed by atoms with Gasteiger partial charge in [-0.1, -0.05) is 35.5 Å². The van der Waals surface area contributed by atoms with Crippen LogP contribution in [-0.2, 0) is 6.42 Å². The first-order valence-electron chi connectivity index (χ1n) is 8.07. The number of carbonyl (C=O) groups is 1. The summed E-state index contributed by atoms with van der Waals surface area (Å²) in [5.41, 5.74) is 2.23. The molecule has 0 aliphatic rings. The van der Waals surface area contributed by atoms with Gasteiger partial charge in [0.25, 0.3) is 5.91 Å². The van der Waals surface area contributed by atoms with Crippen LogP contribution >= 0.6 is 0 Å². The molecule has 0 saturated carbocycles. The van der Waals surface area contributed by atoms with E-state index in [1.165, 1.54) is 0 Å². The summed E-state index contributed by atoms with van der Waals surface area (Å²) in [6.45, 7) is 0.513. The molecule has 0 spiro atoms. The third-order valence-electron chi connectivity index (χ3n) is 4.01. The standard InChI is InChI=1S/C20H16N2O3/c23-20(21-11-10-16-7-4-12-24-16)15-8-9-18-17(13-15)19(25-22-18)14-5-2-1-3-6-14/h1-9,12-13H,10-11H2,(H,21,23). The fourth-order valence-electron chi connectivity index (χ4n) is 2.74. The number of fused-ring (bicyclic) bond motifs is 1. The third kappa shape index (κ3) is 3.17. The maximum atomic E-state index is 12.4. The van der Waals surface area contributed by atoms with Crippen molar-refractivity contribution in [2.45, 2.75) is 6.42 Å². The molecule has 1 amide bonds. The van der Waals surface area contributed by atoms with Gasteiger partial charge in [-0.15, -0.1) is 0 Å². The average Bonchev–Trinajstić information content (AvgIpc) is 3.31. The van der Waals surface area contributed by atoms with Crippen molar-refractivity contribution in [3.63, 3.8) is 0 Å². The summed E-state index contributed by atoms with van der Waals surface area (Å²) in [6, 6.07) is 18.8. The van der Waals surface area contributed by atoms with E-state index in [0.717, 1.165) is 22.2 Å². The predicted molar refractivity (Wildman–Crippen MR) is 94.2 cm³/mol. The fraction of sp³-hybridized carbons (Fsp3) is 0.100. The number of amides is 1. The van der Waals surface area contributed by atoms with Crippen molar-refractivity contribution in [3.8, 4) is 11.3 Å². The van der Waals surface area contributed by atoms with E-state index in [1.807, 2.05) is 48.5 Å². The largest absolute Gasteiger partial charge is 0.469 e. The molecule has 0 fully saturated rings. The molecule has 2 aromatic carbocycles. The van der Waals surface area contributed by atoms with E-state index in [9.17, 15) is 4.79 Å². The first-order valence-corrected chi connectivity index (χ1v) is 8.07. The van der Waals surface area contributed by atoms with Gasteiger partial charge in [-0.25, -0.2) is 0 Å². The van der Waals surface area contributed by atoms with Gasteiger partial charge >= 0.3 is 0 Å². The average molecular weight is 332 g/mol. The molecule has 0 radical (unpaired) electrons. The Morgan fingerprint density at radius 1 is 1.04 bits per heavy atom. The van der Waals surface area contributed by atoms with E-state index in [-0.39, 0.29) is 5.91 Å². The molecule has 0 atom stereocenters. The van der Waals surface area contributed by atoms with Gasteiger partial charge in [0.15, 0.2) is 5.76 Å². The Balaban J connectivity index is 1.55. The molecule has 4 rings (SSSR count). The second-order valence-electron chi connectivity index (χ2n) is 5.69. The molecular formula is C20H16N2O3. The Bertz CT molecular complexity index is 988. The topological polar surface area (TPSA) is 68.3 Å². The zero-order valence-electron chi connectivity index (χ0n) is 13.4. The van der Waals surface area contributed by atoms with Gasteiger partial charge < -0.3 is 14.3 Å². The van der Waals surface area contributed by atoms with Crippen molar-refractivity contribution in [3.05, 3.63) is 78.3 Å². The lowest BCUT2D eigenvalue weighted by molar-refractivity contribution is 0.0954. The van der Waals surface area contributed by atoms with Crippen molar-refractivity contribution in [2.24, 2.45) is 0 Å². The molecule has 0 aliphatic carbocycles. The first kappa shape index (κ1) is 15.2. The molecule has 0 aliphatic heterocycles. The Kier molecular flexibility index (Phi) is 4.04. The number of nitrogens with one attached hydrogen (secondary N) is 1. The third-order valence-corrected chi connectivity index (χ3v) is 4.01. The van der Waals surface area contributed by atoms with Gasteiger partial charge in [-0.05, 0) is 30.3 Å². The predicted octanol–water partition coefficient (Wildman–Crippen LogP) is 4.06. The van der Waals surface area contributed by atoms with Crippen LogP contribution < -0.4 is 5.32 Å². The SMILES string of the molecule is O=C(NCCc1ccco1)c1ccc2noc(-c3ccccc3)c2c1. The normalized spacial score (nSPS) is 10.9. The number of nitrogens with zero attached hydrogens (tertiary/aromatic N) is 1. The van der Waals surface area contributed by atoms with E-state index in [4.69, 9.17) is 8.94 Å². The molecule has 2 heterocycles. The molecule has 5 heteroatoms. The Morgan fingerprint density at radius 2 is 1.92 bits per heavy atom. The summed E-state index contributed by atoms with van der Waals surface area (Å²) in [7, 11) is 0. The molecule has 124 valence electrons. The Hall–Kier alpha value is -3.34. The highest BCUT2D eigenvalue weighted by molar-refractivity contribution is 6.00. The van der Waals surface area contributed by atoms with Crippen molar-refractivity contribution in [2.75, 3.05) is 6.54 Å². The highest BCUT2D eigenvalue weighted by Crippen LogP contribution is 2.29. The van der Waals surface area contributed by atoms with Gasteiger partial charge in [-0.2, -0.15) is 0 Å². The van der Waals surface area contributed by atoms with Crippen LogP contribution in [0, 0.1) is 0 Å². The number of benzene rings is 2. The second kappa shape index (κ2) is 6.65. The van der Waals surface area contributed by atoms with Crippen molar-refractivity contribution in [1.82, 2.24) is 10.5 Å². The molecule has 0 saturated heterocycles. The van der Waals surface area contributed by atoms with Gasteiger partial charge in [-0.3, -0.25) is 4.79 Å². The van der Waals surface area contributed by atoms with Crippen LogP contribution in [0.15, 0.2) is 75.9 Å². The van der Waals surface area contributed by atoms with E-state index >= 15 is 0 Å². The van der Waals surface area contributed by atoms with Crippen LogP contribution in [-0.4, -0.2) is 17.6 Å². The fourth-order valence-corrected chi connectivity index (χ4v) is 2.74. The molecule has 0 unspecified atom stereocenters. The molecule has 5 nitrogen and oxygen atoms in total. The molecule has 25 heavy (non-hydrogen) atoms. The van der Waals surface area contributed by atoms with E-state index < -0.39 is 0 Å². The summed E-state index contributed by atoms with van der Waals surface area (Å²) in [5, 5.41) is 7.80. The summed E-state index contributed by atoms with van der Waals surface area (Å²) >= 11 is 0. The van der Waals surface area contributed by atoms with Crippen LogP contribution in [0.4, 0.5) is 0 Å². The molecule has 2 aromatic heterocycles. The van der Waals surface area contributed by atoms with Crippen LogP contribution in [0.5, 0.6) is 0 Å². The summed E-state index contributed by atoms with van der Waals surface area (Å²) in [4.78, 5) is 12.4. The van der Waals surface area contributed by atoms with Crippen molar-refractivity contribution < 1.29 is 13.7 Å². The minimum atomic E-state index is -0.131. The quantitative estimate of drug-likeness (QED) is 0.598. The van der Waals surface area contributed by atoms with Crippen LogP contribution in [0.1, 0.15) is 16.1 Å². The molecule has 0 bridgehead atoms. The van der Waals surface area contributed by atoms with Gasteiger partial charge in [0.2, 0.25) is 0 Å². The minimum absolute atomic E-state index is 0.131. The Morgan fingerprint density at radius 3 is 2.72 bits per heavy atom. The molecule has 4 aromatic rings. The number of hydrogen-bond donors (Lipinski definition) is 1. The smallest absolute Gasteiger partial charge is 0.251 e. The van der Waals surface area contributed by atoms with Crippen LogP contribution in [0.25, 0.3) is 22.2 Å². The van der Waals surface area contributed by atoms with Gasteiger partial charge in [0, 0.05) is 24.1 Å². The van der Waals surface area contributed by atoms with E-state index in [1.54, 1.807) is 18.4 Å². The Labute approximate surface area is 144 Å². The van der Waals surface area contributed by atoms with Crippen molar-refractivity contribution >= 4 is 16.8 Å². The summed E-state index contributed by atoms with van der Waals surface area (Å²) in [6.07, 6.45) is 2.28. The highest BCUT2D eigenvalue weighted by atomic mass is 16.5. The van der Waals surface area contributed by atoms with Crippen LogP contribution in [0.3, 0.4) is 0 Å². The summed E-state index contributed by atoms with van der Waals surface area (Å²) in [5.74, 6) is 1.38. The van der Waals surface area contributed by atoms with Gasteiger partial charge in [0.05, 0.1) is 11.6 Å². The molecular weight excluding hydrogens is 316 g/mol. The minimum Gasteiger partial charge on any atom is -0.469 e.